The van der Waals surface area contributed by atoms with Crippen molar-refractivity contribution in [3.05, 3.63) is 40.8 Å². The first-order valence-corrected chi connectivity index (χ1v) is 4.86. The minimum absolute atomic E-state index is 0.349. The van der Waals surface area contributed by atoms with Gasteiger partial charge < -0.3 is 9.15 Å². The highest BCUT2D eigenvalue weighted by molar-refractivity contribution is 5.77. The fraction of sp³-hybridized carbons (Fsp3) is 0.154. The minimum Gasteiger partial charge on any atom is -0.481 e. The molecule has 0 amide bonds. The third-order valence-electron chi connectivity index (χ3n) is 2.08. The second kappa shape index (κ2) is 4.54. The Kier molecular flexibility index (Phi) is 2.93. The fourth-order valence-electron chi connectivity index (χ4n) is 1.33. The highest BCUT2D eigenvalue weighted by Crippen LogP contribution is 2.19. The predicted octanol–water partition coefficient (Wildman–Crippen LogP) is 2.20. The molecule has 0 radical (unpaired) electrons. The molecule has 0 aliphatic rings. The number of fused-ring (bicyclic) bond motifs is 1. The average Bonchev–Trinajstić information content (AvgIpc) is 2.29. The predicted molar refractivity (Wildman–Crippen MR) is 61.4 cm³/mol. The lowest BCUT2D eigenvalue weighted by molar-refractivity contribution is 0.370. The second-order valence-electron chi connectivity index (χ2n) is 3.17. The van der Waals surface area contributed by atoms with Crippen LogP contribution in [0.1, 0.15) is 6.92 Å². The molecule has 0 aliphatic carbocycles. The van der Waals surface area contributed by atoms with Gasteiger partial charge in [0.25, 0.3) is 0 Å². The Balaban J connectivity index is 2.32. The molecule has 1 aromatic heterocycles. The molecular formula is C13H10O3. The molecule has 16 heavy (non-hydrogen) atoms. The lowest BCUT2D eigenvalue weighted by Crippen LogP contribution is -1.96. The van der Waals surface area contributed by atoms with Crippen LogP contribution in [0.5, 0.6) is 5.75 Å². The summed E-state index contributed by atoms with van der Waals surface area (Å²) in [6, 6.07) is 8.38. The molecule has 1 aromatic carbocycles. The quantitative estimate of drug-likeness (QED) is 0.568. The van der Waals surface area contributed by atoms with Crippen LogP contribution in [0.15, 0.2) is 39.5 Å². The Labute approximate surface area is 92.7 Å². The first-order chi connectivity index (χ1) is 7.79. The van der Waals surface area contributed by atoms with Gasteiger partial charge in [-0.15, -0.1) is 5.92 Å². The van der Waals surface area contributed by atoms with Crippen LogP contribution in [0, 0.1) is 11.8 Å². The summed E-state index contributed by atoms with van der Waals surface area (Å²) < 4.78 is 10.4. The average molecular weight is 214 g/mol. The Morgan fingerprint density at radius 2 is 2.19 bits per heavy atom. The van der Waals surface area contributed by atoms with Gasteiger partial charge in [0.05, 0.1) is 0 Å². The largest absolute Gasteiger partial charge is 0.481 e. The van der Waals surface area contributed by atoms with Crippen molar-refractivity contribution < 1.29 is 9.15 Å². The van der Waals surface area contributed by atoms with Gasteiger partial charge in [0.15, 0.2) is 0 Å². The maximum absolute atomic E-state index is 11.0. The van der Waals surface area contributed by atoms with E-state index in [4.69, 9.17) is 9.15 Å². The van der Waals surface area contributed by atoms with Gasteiger partial charge in [-0.1, -0.05) is 5.92 Å². The third-order valence-corrected chi connectivity index (χ3v) is 2.08. The van der Waals surface area contributed by atoms with Crippen molar-refractivity contribution in [2.45, 2.75) is 6.92 Å². The SMILES string of the molecule is CC#CCOc1ccc2oc(=O)ccc2c1. The zero-order valence-corrected chi connectivity index (χ0v) is 8.82. The van der Waals surface area contributed by atoms with E-state index >= 15 is 0 Å². The maximum atomic E-state index is 11.0. The molecule has 0 fully saturated rings. The highest BCUT2D eigenvalue weighted by Gasteiger charge is 1.99. The fourth-order valence-corrected chi connectivity index (χ4v) is 1.33. The van der Waals surface area contributed by atoms with E-state index in [2.05, 4.69) is 11.8 Å². The van der Waals surface area contributed by atoms with E-state index in [-0.39, 0.29) is 5.63 Å². The van der Waals surface area contributed by atoms with Crippen molar-refractivity contribution in [1.82, 2.24) is 0 Å². The van der Waals surface area contributed by atoms with Crippen LogP contribution in [0.4, 0.5) is 0 Å². The molecule has 1 heterocycles. The van der Waals surface area contributed by atoms with Crippen LogP contribution in [0.3, 0.4) is 0 Å². The van der Waals surface area contributed by atoms with Crippen LogP contribution in [-0.4, -0.2) is 6.61 Å². The van der Waals surface area contributed by atoms with Crippen molar-refractivity contribution >= 4 is 11.0 Å². The van der Waals surface area contributed by atoms with E-state index < -0.39 is 0 Å². The van der Waals surface area contributed by atoms with Crippen LogP contribution >= 0.6 is 0 Å². The van der Waals surface area contributed by atoms with Gasteiger partial charge in [-0.2, -0.15) is 0 Å². The Hall–Kier alpha value is -2.21. The summed E-state index contributed by atoms with van der Waals surface area (Å²) in [6.45, 7) is 2.12. The Morgan fingerprint density at radius 3 is 3.00 bits per heavy atom. The van der Waals surface area contributed by atoms with Crippen LogP contribution in [0.25, 0.3) is 11.0 Å². The first kappa shape index (κ1) is 10.3. The van der Waals surface area contributed by atoms with E-state index in [1.54, 1.807) is 25.1 Å². The van der Waals surface area contributed by atoms with E-state index in [1.807, 2.05) is 6.07 Å². The zero-order chi connectivity index (χ0) is 11.4. The van der Waals surface area contributed by atoms with Gasteiger partial charge in [-0.3, -0.25) is 0 Å². The molecule has 0 spiro atoms. The third kappa shape index (κ3) is 2.23. The molecule has 0 saturated heterocycles. The summed E-state index contributed by atoms with van der Waals surface area (Å²) in [5, 5.41) is 0.835. The van der Waals surface area contributed by atoms with E-state index in [0.29, 0.717) is 17.9 Å². The van der Waals surface area contributed by atoms with Crippen molar-refractivity contribution in [2.24, 2.45) is 0 Å². The van der Waals surface area contributed by atoms with E-state index in [0.717, 1.165) is 5.39 Å². The second-order valence-corrected chi connectivity index (χ2v) is 3.17. The topological polar surface area (TPSA) is 39.4 Å². The summed E-state index contributed by atoms with van der Waals surface area (Å²) in [7, 11) is 0. The van der Waals surface area contributed by atoms with Gasteiger partial charge in [0, 0.05) is 11.5 Å². The van der Waals surface area contributed by atoms with Crippen molar-refractivity contribution in [1.29, 1.82) is 0 Å². The Morgan fingerprint density at radius 1 is 1.31 bits per heavy atom. The van der Waals surface area contributed by atoms with E-state index in [1.165, 1.54) is 6.07 Å². The van der Waals surface area contributed by atoms with Crippen molar-refractivity contribution in [2.75, 3.05) is 6.61 Å². The molecular weight excluding hydrogens is 204 g/mol. The molecule has 0 aliphatic heterocycles. The van der Waals surface area contributed by atoms with Crippen molar-refractivity contribution in [3.63, 3.8) is 0 Å². The molecule has 0 atom stereocenters. The summed E-state index contributed by atoms with van der Waals surface area (Å²) in [4.78, 5) is 11.0. The van der Waals surface area contributed by atoms with Gasteiger partial charge in [-0.25, -0.2) is 4.79 Å². The van der Waals surface area contributed by atoms with Gasteiger partial charge in [0.2, 0.25) is 0 Å². The van der Waals surface area contributed by atoms with Gasteiger partial charge in [-0.05, 0) is 31.2 Å². The minimum atomic E-state index is -0.349. The standard InChI is InChI=1S/C13H10O3/c1-2-3-8-15-11-5-6-12-10(9-11)4-7-13(14)16-12/h4-7,9H,8H2,1H3. The van der Waals surface area contributed by atoms with Crippen molar-refractivity contribution in [3.8, 4) is 17.6 Å². The zero-order valence-electron chi connectivity index (χ0n) is 8.82. The molecule has 80 valence electrons. The smallest absolute Gasteiger partial charge is 0.336 e. The number of benzene rings is 1. The number of rotatable bonds is 2. The molecule has 0 saturated carbocycles. The number of hydrogen-bond acceptors (Lipinski definition) is 3. The normalized spacial score (nSPS) is 9.56. The molecule has 0 bridgehead atoms. The van der Waals surface area contributed by atoms with Gasteiger partial charge in [0.1, 0.15) is 17.9 Å². The molecule has 2 rings (SSSR count). The molecule has 0 N–H and O–H groups in total. The molecule has 3 nitrogen and oxygen atoms in total. The molecule has 3 heteroatoms. The first-order valence-electron chi connectivity index (χ1n) is 4.86. The van der Waals surface area contributed by atoms with E-state index in [9.17, 15) is 4.79 Å². The van der Waals surface area contributed by atoms with Crippen LogP contribution in [0.2, 0.25) is 0 Å². The summed E-state index contributed by atoms with van der Waals surface area (Å²) in [5.74, 6) is 6.27. The summed E-state index contributed by atoms with van der Waals surface area (Å²) >= 11 is 0. The maximum Gasteiger partial charge on any atom is 0.336 e. The molecule has 0 unspecified atom stereocenters. The number of hydrogen-bond donors (Lipinski definition) is 0. The Bertz CT molecular complexity index is 614. The lowest BCUT2D eigenvalue weighted by Gasteiger charge is -2.02. The van der Waals surface area contributed by atoms with Gasteiger partial charge >= 0.3 is 5.63 Å². The van der Waals surface area contributed by atoms with Crippen LogP contribution in [-0.2, 0) is 0 Å². The monoisotopic (exact) mass is 214 g/mol. The highest BCUT2D eigenvalue weighted by atomic mass is 16.5. The lowest BCUT2D eigenvalue weighted by atomic mass is 10.2. The van der Waals surface area contributed by atoms with Crippen LogP contribution < -0.4 is 10.4 Å². The summed E-state index contributed by atoms with van der Waals surface area (Å²) in [6.07, 6.45) is 0. The number of ether oxygens (including phenoxy) is 1. The summed E-state index contributed by atoms with van der Waals surface area (Å²) in [5.41, 5.74) is 0.208. The molecule has 2 aromatic rings.